The SMILES string of the molecule is Clc1cc(Br)ccc1-c1ccc(OCc2ccccc2)cc1. The van der Waals surface area contributed by atoms with Crippen LogP contribution in [0, 0.1) is 0 Å². The molecule has 1 nitrogen and oxygen atoms in total. The van der Waals surface area contributed by atoms with Crippen LogP contribution in [-0.2, 0) is 6.61 Å². The zero-order valence-electron chi connectivity index (χ0n) is 11.8. The van der Waals surface area contributed by atoms with E-state index < -0.39 is 0 Å². The van der Waals surface area contributed by atoms with Crippen LogP contribution in [0.15, 0.2) is 77.3 Å². The van der Waals surface area contributed by atoms with Crippen molar-refractivity contribution in [1.82, 2.24) is 0 Å². The molecule has 22 heavy (non-hydrogen) atoms. The highest BCUT2D eigenvalue weighted by Crippen LogP contribution is 2.31. The molecular formula is C19H14BrClO. The summed E-state index contributed by atoms with van der Waals surface area (Å²) in [5, 5.41) is 0.729. The van der Waals surface area contributed by atoms with Gasteiger partial charge in [0.2, 0.25) is 0 Å². The van der Waals surface area contributed by atoms with Crippen LogP contribution in [0.4, 0.5) is 0 Å². The molecule has 0 bridgehead atoms. The van der Waals surface area contributed by atoms with Crippen LogP contribution in [0.2, 0.25) is 5.02 Å². The smallest absolute Gasteiger partial charge is 0.119 e. The van der Waals surface area contributed by atoms with Crippen LogP contribution in [0.25, 0.3) is 11.1 Å². The Morgan fingerprint density at radius 3 is 2.27 bits per heavy atom. The Morgan fingerprint density at radius 2 is 1.59 bits per heavy atom. The van der Waals surface area contributed by atoms with Crippen molar-refractivity contribution in [2.45, 2.75) is 6.61 Å². The third-order valence-corrected chi connectivity index (χ3v) is 4.15. The van der Waals surface area contributed by atoms with Crippen molar-refractivity contribution >= 4 is 27.5 Å². The van der Waals surface area contributed by atoms with Gasteiger partial charge in [0.1, 0.15) is 12.4 Å². The van der Waals surface area contributed by atoms with E-state index in [1.54, 1.807) is 0 Å². The van der Waals surface area contributed by atoms with Crippen LogP contribution in [0.5, 0.6) is 5.75 Å². The zero-order valence-corrected chi connectivity index (χ0v) is 14.1. The molecule has 0 unspecified atom stereocenters. The first-order valence-corrected chi connectivity index (χ1v) is 8.12. The van der Waals surface area contributed by atoms with Gasteiger partial charge in [0.15, 0.2) is 0 Å². The first-order chi connectivity index (χ1) is 10.7. The number of halogens is 2. The van der Waals surface area contributed by atoms with E-state index in [0.29, 0.717) is 6.61 Å². The van der Waals surface area contributed by atoms with Crippen LogP contribution in [0.3, 0.4) is 0 Å². The highest BCUT2D eigenvalue weighted by Gasteiger charge is 2.04. The standard InChI is InChI=1S/C19H14BrClO/c20-16-8-11-18(19(21)12-16)15-6-9-17(10-7-15)22-13-14-4-2-1-3-5-14/h1-12H,13H2. The summed E-state index contributed by atoms with van der Waals surface area (Å²) in [5.74, 6) is 0.848. The second-order valence-corrected chi connectivity index (χ2v) is 6.25. The molecule has 0 aliphatic rings. The Bertz CT molecular complexity index is 754. The van der Waals surface area contributed by atoms with Gasteiger partial charge in [-0.05, 0) is 35.4 Å². The van der Waals surface area contributed by atoms with Crippen LogP contribution in [0.1, 0.15) is 5.56 Å². The van der Waals surface area contributed by atoms with Gasteiger partial charge in [-0.2, -0.15) is 0 Å². The maximum Gasteiger partial charge on any atom is 0.119 e. The van der Waals surface area contributed by atoms with Gasteiger partial charge in [-0.3, -0.25) is 0 Å². The summed E-state index contributed by atoms with van der Waals surface area (Å²) < 4.78 is 6.77. The van der Waals surface area contributed by atoms with Gasteiger partial charge in [0.05, 0.1) is 0 Å². The van der Waals surface area contributed by atoms with Crippen molar-refractivity contribution in [2.24, 2.45) is 0 Å². The Kier molecular flexibility index (Phi) is 4.81. The molecule has 0 aliphatic carbocycles. The van der Waals surface area contributed by atoms with E-state index in [0.717, 1.165) is 31.9 Å². The summed E-state index contributed by atoms with van der Waals surface area (Å²) in [4.78, 5) is 0. The average molecular weight is 374 g/mol. The molecule has 0 radical (unpaired) electrons. The van der Waals surface area contributed by atoms with E-state index in [9.17, 15) is 0 Å². The molecule has 0 spiro atoms. The van der Waals surface area contributed by atoms with Crippen molar-refractivity contribution in [3.63, 3.8) is 0 Å². The molecule has 0 heterocycles. The Labute approximate surface area is 143 Å². The lowest BCUT2D eigenvalue weighted by atomic mass is 10.1. The van der Waals surface area contributed by atoms with Gasteiger partial charge in [-0.15, -0.1) is 0 Å². The average Bonchev–Trinajstić information content (AvgIpc) is 2.55. The fourth-order valence-corrected chi connectivity index (χ4v) is 2.98. The van der Waals surface area contributed by atoms with Gasteiger partial charge in [0.25, 0.3) is 0 Å². The summed E-state index contributed by atoms with van der Waals surface area (Å²) >= 11 is 9.70. The lowest BCUT2D eigenvalue weighted by Crippen LogP contribution is -1.94. The van der Waals surface area contributed by atoms with E-state index in [1.165, 1.54) is 0 Å². The first kappa shape index (κ1) is 15.1. The fourth-order valence-electron chi connectivity index (χ4n) is 2.20. The van der Waals surface area contributed by atoms with Crippen molar-refractivity contribution in [3.8, 4) is 16.9 Å². The van der Waals surface area contributed by atoms with Crippen molar-refractivity contribution in [1.29, 1.82) is 0 Å². The molecule has 3 heteroatoms. The molecule has 0 aromatic heterocycles. The van der Waals surface area contributed by atoms with E-state index in [1.807, 2.05) is 60.7 Å². The minimum atomic E-state index is 0.569. The topological polar surface area (TPSA) is 9.23 Å². The summed E-state index contributed by atoms with van der Waals surface area (Å²) in [6.07, 6.45) is 0. The summed E-state index contributed by atoms with van der Waals surface area (Å²) in [6, 6.07) is 24.0. The van der Waals surface area contributed by atoms with Crippen LogP contribution in [-0.4, -0.2) is 0 Å². The van der Waals surface area contributed by atoms with E-state index in [4.69, 9.17) is 16.3 Å². The molecule has 3 rings (SSSR count). The number of hydrogen-bond donors (Lipinski definition) is 0. The van der Waals surface area contributed by atoms with Gasteiger partial charge in [0, 0.05) is 15.1 Å². The lowest BCUT2D eigenvalue weighted by molar-refractivity contribution is 0.306. The van der Waals surface area contributed by atoms with Gasteiger partial charge >= 0.3 is 0 Å². The molecule has 3 aromatic carbocycles. The van der Waals surface area contributed by atoms with Gasteiger partial charge in [-0.25, -0.2) is 0 Å². The molecule has 0 atom stereocenters. The Hall–Kier alpha value is -1.77. The van der Waals surface area contributed by atoms with Crippen LogP contribution >= 0.6 is 27.5 Å². The molecule has 110 valence electrons. The maximum atomic E-state index is 6.28. The van der Waals surface area contributed by atoms with Crippen molar-refractivity contribution in [3.05, 3.63) is 87.9 Å². The predicted octanol–water partition coefficient (Wildman–Crippen LogP) is 6.35. The van der Waals surface area contributed by atoms with Crippen molar-refractivity contribution < 1.29 is 4.74 Å². The second-order valence-electron chi connectivity index (χ2n) is 4.92. The van der Waals surface area contributed by atoms with E-state index in [2.05, 4.69) is 28.1 Å². The maximum absolute atomic E-state index is 6.28. The number of rotatable bonds is 4. The summed E-state index contributed by atoms with van der Waals surface area (Å²) in [7, 11) is 0. The molecule has 3 aromatic rings. The molecule has 0 fully saturated rings. The summed E-state index contributed by atoms with van der Waals surface area (Å²) in [6.45, 7) is 0.569. The quantitative estimate of drug-likeness (QED) is 0.518. The fraction of sp³-hybridized carbons (Fsp3) is 0.0526. The van der Waals surface area contributed by atoms with Gasteiger partial charge in [-0.1, -0.05) is 76.1 Å². The molecule has 0 N–H and O–H groups in total. The number of benzene rings is 3. The van der Waals surface area contributed by atoms with Gasteiger partial charge < -0.3 is 4.74 Å². The molecule has 0 amide bonds. The van der Waals surface area contributed by atoms with Crippen molar-refractivity contribution in [2.75, 3.05) is 0 Å². The minimum Gasteiger partial charge on any atom is -0.489 e. The molecule has 0 saturated carbocycles. The minimum absolute atomic E-state index is 0.569. The monoisotopic (exact) mass is 372 g/mol. The highest BCUT2D eigenvalue weighted by atomic mass is 79.9. The molecular weight excluding hydrogens is 360 g/mol. The third kappa shape index (κ3) is 3.70. The highest BCUT2D eigenvalue weighted by molar-refractivity contribution is 9.10. The Balaban J connectivity index is 1.72. The number of ether oxygens (including phenoxy) is 1. The molecule has 0 saturated heterocycles. The lowest BCUT2D eigenvalue weighted by Gasteiger charge is -2.09. The second kappa shape index (κ2) is 6.99. The normalized spacial score (nSPS) is 10.5. The summed E-state index contributed by atoms with van der Waals surface area (Å²) in [5.41, 5.74) is 3.24. The third-order valence-electron chi connectivity index (χ3n) is 3.34. The largest absolute Gasteiger partial charge is 0.489 e. The number of hydrogen-bond acceptors (Lipinski definition) is 1. The van der Waals surface area contributed by atoms with E-state index in [-0.39, 0.29) is 0 Å². The zero-order chi connectivity index (χ0) is 15.4. The molecule has 0 aliphatic heterocycles. The Morgan fingerprint density at radius 1 is 0.864 bits per heavy atom. The predicted molar refractivity (Wildman–Crippen MR) is 95.4 cm³/mol. The van der Waals surface area contributed by atoms with E-state index >= 15 is 0 Å². The first-order valence-electron chi connectivity index (χ1n) is 6.94. The van der Waals surface area contributed by atoms with Crippen LogP contribution < -0.4 is 4.74 Å².